The number of carbonyl (C=O) groups is 1. The third-order valence-electron chi connectivity index (χ3n) is 2.97. The van der Waals surface area contributed by atoms with Gasteiger partial charge in [-0.3, -0.25) is 9.89 Å². The molecule has 0 aliphatic rings. The van der Waals surface area contributed by atoms with E-state index >= 15 is 0 Å². The standard InChI is InChI=1S/C15H19N3OS/c1-2-13-10-16-18-15(13)17-14(19)11-20-9-8-12-6-4-3-5-7-12/h3-7,10H,2,8-9,11H2,1H3,(H2,16,17,18,19). The average molecular weight is 289 g/mol. The summed E-state index contributed by atoms with van der Waals surface area (Å²) in [6.45, 7) is 2.04. The molecule has 0 unspecified atom stereocenters. The van der Waals surface area contributed by atoms with Crippen molar-refractivity contribution in [2.45, 2.75) is 19.8 Å². The molecule has 2 aromatic rings. The van der Waals surface area contributed by atoms with E-state index in [9.17, 15) is 4.79 Å². The first-order valence-electron chi connectivity index (χ1n) is 6.73. The molecule has 4 nitrogen and oxygen atoms in total. The number of anilines is 1. The number of aromatic amines is 1. The van der Waals surface area contributed by atoms with Crippen molar-refractivity contribution in [3.8, 4) is 0 Å². The summed E-state index contributed by atoms with van der Waals surface area (Å²) in [4.78, 5) is 11.8. The third kappa shape index (κ3) is 4.42. The highest BCUT2D eigenvalue weighted by Crippen LogP contribution is 2.12. The van der Waals surface area contributed by atoms with Gasteiger partial charge in [-0.15, -0.1) is 0 Å². The first-order chi connectivity index (χ1) is 9.79. The second-order valence-corrected chi connectivity index (χ2v) is 5.57. The Morgan fingerprint density at radius 1 is 1.35 bits per heavy atom. The van der Waals surface area contributed by atoms with Crippen LogP contribution in [0.3, 0.4) is 0 Å². The number of rotatable bonds is 7. The third-order valence-corrected chi connectivity index (χ3v) is 3.93. The number of thioether (sulfide) groups is 1. The van der Waals surface area contributed by atoms with Gasteiger partial charge in [0.2, 0.25) is 5.91 Å². The molecular weight excluding hydrogens is 270 g/mol. The quantitative estimate of drug-likeness (QED) is 0.771. The summed E-state index contributed by atoms with van der Waals surface area (Å²) in [5.74, 6) is 2.15. The molecule has 0 bridgehead atoms. The maximum atomic E-state index is 11.8. The average Bonchev–Trinajstić information content (AvgIpc) is 2.92. The van der Waals surface area contributed by atoms with E-state index in [1.165, 1.54) is 5.56 Å². The van der Waals surface area contributed by atoms with E-state index in [0.29, 0.717) is 5.75 Å². The Morgan fingerprint density at radius 2 is 2.15 bits per heavy atom. The highest BCUT2D eigenvalue weighted by Gasteiger charge is 2.07. The summed E-state index contributed by atoms with van der Waals surface area (Å²) in [5, 5.41) is 9.61. The van der Waals surface area contributed by atoms with Crippen molar-refractivity contribution in [2.75, 3.05) is 16.8 Å². The fourth-order valence-electron chi connectivity index (χ4n) is 1.86. The van der Waals surface area contributed by atoms with Gasteiger partial charge in [-0.05, 0) is 24.2 Å². The van der Waals surface area contributed by atoms with Gasteiger partial charge >= 0.3 is 0 Å². The predicted octanol–water partition coefficient (Wildman–Crippen LogP) is 2.89. The molecule has 1 heterocycles. The van der Waals surface area contributed by atoms with Gasteiger partial charge in [0.1, 0.15) is 5.82 Å². The minimum atomic E-state index is 0.0158. The zero-order valence-electron chi connectivity index (χ0n) is 11.6. The number of H-pyrrole nitrogens is 1. The van der Waals surface area contributed by atoms with Gasteiger partial charge in [0.25, 0.3) is 0 Å². The second kappa shape index (κ2) is 7.75. The number of hydrogen-bond acceptors (Lipinski definition) is 3. The monoisotopic (exact) mass is 289 g/mol. The van der Waals surface area contributed by atoms with Crippen LogP contribution in [0.15, 0.2) is 36.5 Å². The molecule has 1 aromatic heterocycles. The van der Waals surface area contributed by atoms with Crippen LogP contribution >= 0.6 is 11.8 Å². The Hall–Kier alpha value is -1.75. The zero-order valence-corrected chi connectivity index (χ0v) is 12.4. The number of benzene rings is 1. The van der Waals surface area contributed by atoms with Crippen LogP contribution in [0.5, 0.6) is 0 Å². The lowest BCUT2D eigenvalue weighted by molar-refractivity contribution is -0.113. The Balaban J connectivity index is 1.68. The smallest absolute Gasteiger partial charge is 0.235 e. The fraction of sp³-hybridized carbons (Fsp3) is 0.333. The van der Waals surface area contributed by atoms with Crippen molar-refractivity contribution in [1.82, 2.24) is 10.2 Å². The van der Waals surface area contributed by atoms with Crippen LogP contribution < -0.4 is 5.32 Å². The lowest BCUT2D eigenvalue weighted by Crippen LogP contribution is -2.15. The Labute approximate surface area is 123 Å². The normalized spacial score (nSPS) is 10.4. The molecule has 0 aliphatic heterocycles. The van der Waals surface area contributed by atoms with Crippen molar-refractivity contribution in [3.63, 3.8) is 0 Å². The highest BCUT2D eigenvalue weighted by atomic mass is 32.2. The van der Waals surface area contributed by atoms with E-state index in [-0.39, 0.29) is 5.91 Å². The topological polar surface area (TPSA) is 57.8 Å². The molecule has 0 radical (unpaired) electrons. The van der Waals surface area contributed by atoms with E-state index in [1.807, 2.05) is 25.1 Å². The van der Waals surface area contributed by atoms with Crippen molar-refractivity contribution in [2.24, 2.45) is 0 Å². The number of aryl methyl sites for hydroxylation is 2. The molecule has 1 amide bonds. The largest absolute Gasteiger partial charge is 0.310 e. The summed E-state index contributed by atoms with van der Waals surface area (Å²) in [6, 6.07) is 10.3. The van der Waals surface area contributed by atoms with Crippen LogP contribution in [0.4, 0.5) is 5.82 Å². The maximum Gasteiger partial charge on any atom is 0.235 e. The number of carbonyl (C=O) groups excluding carboxylic acids is 1. The number of aromatic nitrogens is 2. The van der Waals surface area contributed by atoms with Crippen molar-refractivity contribution >= 4 is 23.5 Å². The summed E-state index contributed by atoms with van der Waals surface area (Å²) < 4.78 is 0. The van der Waals surface area contributed by atoms with E-state index in [2.05, 4.69) is 27.6 Å². The van der Waals surface area contributed by atoms with E-state index in [1.54, 1.807) is 18.0 Å². The molecule has 0 aliphatic carbocycles. The lowest BCUT2D eigenvalue weighted by atomic mass is 10.2. The fourth-order valence-corrected chi connectivity index (χ4v) is 2.64. The summed E-state index contributed by atoms with van der Waals surface area (Å²) >= 11 is 1.65. The molecule has 0 saturated heterocycles. The molecule has 0 spiro atoms. The molecule has 2 N–H and O–H groups in total. The van der Waals surface area contributed by atoms with Gasteiger partial charge in [-0.1, -0.05) is 37.3 Å². The van der Waals surface area contributed by atoms with Gasteiger partial charge < -0.3 is 5.32 Å². The predicted molar refractivity (Wildman–Crippen MR) is 84.1 cm³/mol. The first-order valence-corrected chi connectivity index (χ1v) is 7.89. The minimum absolute atomic E-state index is 0.0158. The number of nitrogens with one attached hydrogen (secondary N) is 2. The van der Waals surface area contributed by atoms with Crippen LogP contribution in [0.1, 0.15) is 18.1 Å². The molecule has 20 heavy (non-hydrogen) atoms. The summed E-state index contributed by atoms with van der Waals surface area (Å²) in [5.41, 5.74) is 2.34. The van der Waals surface area contributed by atoms with Crippen LogP contribution in [0.25, 0.3) is 0 Å². The molecule has 2 rings (SSSR count). The van der Waals surface area contributed by atoms with E-state index in [4.69, 9.17) is 0 Å². The van der Waals surface area contributed by atoms with Crippen molar-refractivity contribution in [1.29, 1.82) is 0 Å². The summed E-state index contributed by atoms with van der Waals surface area (Å²) in [6.07, 6.45) is 3.59. The molecule has 5 heteroatoms. The zero-order chi connectivity index (χ0) is 14.2. The van der Waals surface area contributed by atoms with Crippen LogP contribution in [-0.4, -0.2) is 27.6 Å². The lowest BCUT2D eigenvalue weighted by Gasteiger charge is -2.05. The second-order valence-electron chi connectivity index (χ2n) is 4.46. The molecular formula is C15H19N3OS. The Morgan fingerprint density at radius 3 is 2.90 bits per heavy atom. The molecule has 106 valence electrons. The maximum absolute atomic E-state index is 11.8. The van der Waals surface area contributed by atoms with Crippen LogP contribution in [-0.2, 0) is 17.6 Å². The van der Waals surface area contributed by atoms with Gasteiger partial charge in [0.05, 0.1) is 11.9 Å². The first kappa shape index (κ1) is 14.7. The van der Waals surface area contributed by atoms with E-state index < -0.39 is 0 Å². The molecule has 0 saturated carbocycles. The van der Waals surface area contributed by atoms with Gasteiger partial charge in [0.15, 0.2) is 0 Å². The summed E-state index contributed by atoms with van der Waals surface area (Å²) in [7, 11) is 0. The van der Waals surface area contributed by atoms with Crippen molar-refractivity contribution in [3.05, 3.63) is 47.7 Å². The Kier molecular flexibility index (Phi) is 5.68. The molecule has 1 aromatic carbocycles. The Bertz CT molecular complexity index is 539. The van der Waals surface area contributed by atoms with Crippen LogP contribution in [0, 0.1) is 0 Å². The molecule has 0 fully saturated rings. The van der Waals surface area contributed by atoms with E-state index in [0.717, 1.165) is 30.0 Å². The molecule has 0 atom stereocenters. The van der Waals surface area contributed by atoms with Gasteiger partial charge in [-0.2, -0.15) is 16.9 Å². The number of amides is 1. The number of nitrogens with zero attached hydrogens (tertiary/aromatic N) is 1. The van der Waals surface area contributed by atoms with Crippen molar-refractivity contribution < 1.29 is 4.79 Å². The minimum Gasteiger partial charge on any atom is -0.310 e. The highest BCUT2D eigenvalue weighted by molar-refractivity contribution is 7.99. The van der Waals surface area contributed by atoms with Crippen LogP contribution in [0.2, 0.25) is 0 Å². The number of hydrogen-bond donors (Lipinski definition) is 2. The van der Waals surface area contributed by atoms with Gasteiger partial charge in [-0.25, -0.2) is 0 Å². The van der Waals surface area contributed by atoms with Gasteiger partial charge in [0, 0.05) is 5.56 Å². The SMILES string of the molecule is CCc1cn[nH]c1NC(=O)CSCCc1ccccc1.